The van der Waals surface area contributed by atoms with Crippen molar-refractivity contribution in [2.75, 3.05) is 0 Å². The third-order valence-electron chi connectivity index (χ3n) is 1.14. The van der Waals surface area contributed by atoms with Crippen LogP contribution < -0.4 is 5.14 Å². The van der Waals surface area contributed by atoms with Crippen LogP contribution in [0.15, 0.2) is 16.3 Å². The Morgan fingerprint density at radius 1 is 1.80 bits per heavy atom. The van der Waals surface area contributed by atoms with E-state index in [0.717, 1.165) is 4.88 Å². The summed E-state index contributed by atoms with van der Waals surface area (Å²) in [5.41, 5.74) is 0. The van der Waals surface area contributed by atoms with E-state index in [4.69, 9.17) is 9.92 Å². The predicted octanol–water partition coefficient (Wildman–Crippen LogP) is 1.34. The minimum absolute atomic E-state index is 0.456. The van der Waals surface area contributed by atoms with Gasteiger partial charge in [-0.3, -0.25) is 0 Å². The molecule has 0 aliphatic carbocycles. The molecule has 1 aromatic rings. The zero-order valence-electron chi connectivity index (χ0n) is 5.46. The van der Waals surface area contributed by atoms with Crippen molar-refractivity contribution >= 4 is 21.3 Å². The monoisotopic (exact) mass is 176 g/mol. The largest absolute Gasteiger partial charge is 0.241 e. The molecule has 0 spiro atoms. The van der Waals surface area contributed by atoms with Gasteiger partial charge in [0.1, 0.15) is 9.92 Å². The average Bonchev–Trinajstić information content (AvgIpc) is 2.11. The lowest BCUT2D eigenvalue weighted by molar-refractivity contribution is 0.676. The molecule has 5 heteroatoms. The predicted molar refractivity (Wildman–Crippen MR) is 42.4 cm³/mol. The molecule has 0 saturated carbocycles. The summed E-state index contributed by atoms with van der Waals surface area (Å²) < 4.78 is 18.0. The van der Waals surface area contributed by atoms with Crippen LogP contribution in [0.4, 0.5) is 0 Å². The van der Waals surface area contributed by atoms with Crippen LogP contribution in [0.5, 0.6) is 0 Å². The highest BCUT2D eigenvalue weighted by molar-refractivity contribution is 7.90. The lowest BCUT2D eigenvalue weighted by atomic mass is 10.5. The van der Waals surface area contributed by atoms with Crippen molar-refractivity contribution in [3.8, 4) is 0 Å². The zero-order chi connectivity index (χ0) is 7.78. The Balaban J connectivity index is 3.32. The number of thiophene rings is 1. The van der Waals surface area contributed by atoms with Crippen LogP contribution in [0.25, 0.3) is 0 Å². The third kappa shape index (κ3) is 1.36. The van der Waals surface area contributed by atoms with E-state index in [1.54, 1.807) is 18.4 Å². The summed E-state index contributed by atoms with van der Waals surface area (Å²) >= 11 is 1.45. The van der Waals surface area contributed by atoms with Gasteiger partial charge in [0.15, 0.2) is 0 Å². The van der Waals surface area contributed by atoms with Crippen molar-refractivity contribution in [1.29, 1.82) is 4.78 Å². The van der Waals surface area contributed by atoms with Crippen molar-refractivity contribution in [2.24, 2.45) is 5.14 Å². The van der Waals surface area contributed by atoms with E-state index in [0.29, 0.717) is 4.90 Å². The Hall–Kier alpha value is -0.390. The van der Waals surface area contributed by atoms with E-state index >= 15 is 0 Å². The molecule has 1 atom stereocenters. The highest BCUT2D eigenvalue weighted by atomic mass is 32.2. The first-order valence-electron chi connectivity index (χ1n) is 2.62. The quantitative estimate of drug-likeness (QED) is 0.666. The number of hydrogen-bond acceptors (Lipinski definition) is 3. The first-order valence-corrected chi connectivity index (χ1v) is 5.12. The van der Waals surface area contributed by atoms with Gasteiger partial charge in [0.2, 0.25) is 0 Å². The van der Waals surface area contributed by atoms with E-state index < -0.39 is 9.92 Å². The van der Waals surface area contributed by atoms with Crippen LogP contribution in [-0.2, 0) is 9.92 Å². The second kappa shape index (κ2) is 2.34. The first kappa shape index (κ1) is 7.71. The SMILES string of the molecule is Cc1sccc1S(=N)(N)=O. The summed E-state index contributed by atoms with van der Waals surface area (Å²) in [6, 6.07) is 1.63. The van der Waals surface area contributed by atoms with Crippen LogP contribution >= 0.6 is 11.3 Å². The molecule has 3 N–H and O–H groups in total. The molecule has 0 bridgehead atoms. The standard InChI is InChI=1S/C5H8N2OS2/c1-4-5(2-3-9-4)10(6,7)8/h2-3H,1H3,(H3,6,7,8). The lowest BCUT2D eigenvalue weighted by Crippen LogP contribution is -2.09. The zero-order valence-corrected chi connectivity index (χ0v) is 7.09. The molecular formula is C5H8N2OS2. The maximum atomic E-state index is 10.9. The number of rotatable bonds is 1. The normalized spacial score (nSPS) is 16.6. The van der Waals surface area contributed by atoms with Gasteiger partial charge in [-0.2, -0.15) is 0 Å². The summed E-state index contributed by atoms with van der Waals surface area (Å²) in [4.78, 5) is 1.32. The molecule has 1 aromatic heterocycles. The number of nitrogens with one attached hydrogen (secondary N) is 1. The van der Waals surface area contributed by atoms with E-state index in [1.807, 2.05) is 0 Å². The maximum Gasteiger partial charge on any atom is 0.133 e. The Morgan fingerprint density at radius 2 is 2.40 bits per heavy atom. The molecular weight excluding hydrogens is 168 g/mol. The van der Waals surface area contributed by atoms with E-state index in [9.17, 15) is 4.21 Å². The number of aryl methyl sites for hydroxylation is 1. The molecule has 0 radical (unpaired) electrons. The molecule has 0 saturated heterocycles. The van der Waals surface area contributed by atoms with Crippen molar-refractivity contribution in [2.45, 2.75) is 11.8 Å². The second-order valence-electron chi connectivity index (χ2n) is 1.94. The van der Waals surface area contributed by atoms with Gasteiger partial charge in [-0.1, -0.05) is 0 Å². The van der Waals surface area contributed by atoms with Gasteiger partial charge in [0, 0.05) is 4.88 Å². The van der Waals surface area contributed by atoms with Crippen LogP contribution in [0.1, 0.15) is 4.88 Å². The van der Waals surface area contributed by atoms with E-state index in [2.05, 4.69) is 0 Å². The molecule has 0 fully saturated rings. The van der Waals surface area contributed by atoms with Gasteiger partial charge in [-0.25, -0.2) is 14.1 Å². The first-order chi connectivity index (χ1) is 4.52. The Morgan fingerprint density at radius 3 is 2.60 bits per heavy atom. The topological polar surface area (TPSA) is 66.9 Å². The molecule has 56 valence electrons. The average molecular weight is 176 g/mol. The summed E-state index contributed by atoms with van der Waals surface area (Å²) in [6.45, 7) is 1.81. The van der Waals surface area contributed by atoms with Gasteiger partial charge < -0.3 is 0 Å². The summed E-state index contributed by atoms with van der Waals surface area (Å²) in [7, 11) is -2.98. The van der Waals surface area contributed by atoms with Crippen molar-refractivity contribution < 1.29 is 4.21 Å². The van der Waals surface area contributed by atoms with Gasteiger partial charge >= 0.3 is 0 Å². The number of nitrogens with two attached hydrogens (primary N) is 1. The van der Waals surface area contributed by atoms with Crippen LogP contribution in [0.2, 0.25) is 0 Å². The smallest absolute Gasteiger partial charge is 0.133 e. The summed E-state index contributed by atoms with van der Waals surface area (Å²) in [5, 5.41) is 6.89. The van der Waals surface area contributed by atoms with Gasteiger partial charge in [-0.05, 0) is 18.4 Å². The minimum atomic E-state index is -2.98. The lowest BCUT2D eigenvalue weighted by Gasteiger charge is -1.96. The highest BCUT2D eigenvalue weighted by Crippen LogP contribution is 2.18. The van der Waals surface area contributed by atoms with Gasteiger partial charge in [0.05, 0.1) is 4.90 Å². The van der Waals surface area contributed by atoms with Gasteiger partial charge in [-0.15, -0.1) is 11.3 Å². The fraction of sp³-hybridized carbons (Fsp3) is 0.200. The van der Waals surface area contributed by atoms with Crippen molar-refractivity contribution in [3.63, 3.8) is 0 Å². The third-order valence-corrected chi connectivity index (χ3v) is 3.21. The fourth-order valence-corrected chi connectivity index (χ4v) is 2.58. The van der Waals surface area contributed by atoms with Crippen LogP contribution in [0.3, 0.4) is 0 Å². The highest BCUT2D eigenvalue weighted by Gasteiger charge is 2.07. The van der Waals surface area contributed by atoms with Gasteiger partial charge in [0.25, 0.3) is 0 Å². The second-order valence-corrected chi connectivity index (χ2v) is 4.70. The molecule has 1 heterocycles. The molecule has 3 nitrogen and oxygen atoms in total. The van der Waals surface area contributed by atoms with E-state index in [-0.39, 0.29) is 0 Å². The van der Waals surface area contributed by atoms with Crippen molar-refractivity contribution in [1.82, 2.24) is 0 Å². The molecule has 0 amide bonds. The van der Waals surface area contributed by atoms with Crippen LogP contribution in [-0.4, -0.2) is 4.21 Å². The minimum Gasteiger partial charge on any atom is -0.241 e. The molecule has 1 unspecified atom stereocenters. The van der Waals surface area contributed by atoms with E-state index in [1.165, 1.54) is 11.3 Å². The summed E-state index contributed by atoms with van der Waals surface area (Å²) in [5.74, 6) is 0. The molecule has 0 aliphatic heterocycles. The number of hydrogen-bond donors (Lipinski definition) is 2. The fourth-order valence-electron chi connectivity index (χ4n) is 0.688. The van der Waals surface area contributed by atoms with Crippen LogP contribution in [0, 0.1) is 11.7 Å². The molecule has 1 rings (SSSR count). The van der Waals surface area contributed by atoms with Crippen molar-refractivity contribution in [3.05, 3.63) is 16.3 Å². The summed E-state index contributed by atoms with van der Waals surface area (Å²) in [6.07, 6.45) is 0. The Kier molecular flexibility index (Phi) is 1.80. The molecule has 0 aliphatic rings. The Labute approximate surface area is 64.0 Å². The molecule has 0 aromatic carbocycles. The maximum absolute atomic E-state index is 10.9. The Bertz CT molecular complexity index is 325. The molecule has 10 heavy (non-hydrogen) atoms.